The molecular weight excluding hydrogens is 265 g/mol. The molecule has 0 amide bonds. The van der Waals surface area contributed by atoms with Crippen molar-refractivity contribution < 1.29 is 4.39 Å². The molecule has 1 atom stereocenters. The summed E-state index contributed by atoms with van der Waals surface area (Å²) in [5.41, 5.74) is 3.78. The molecule has 2 rings (SSSR count). The monoisotopic (exact) mass is 289 g/mol. The molecule has 2 aromatic rings. The highest BCUT2D eigenvalue weighted by molar-refractivity contribution is 5.27. The van der Waals surface area contributed by atoms with Gasteiger partial charge in [0.25, 0.3) is 0 Å². The Morgan fingerprint density at radius 1 is 1.29 bits per heavy atom. The van der Waals surface area contributed by atoms with Crippen molar-refractivity contribution in [3.63, 3.8) is 0 Å². The van der Waals surface area contributed by atoms with E-state index in [1.807, 2.05) is 37.7 Å². The molecule has 0 bridgehead atoms. The fraction of sp³-hybridized carbons (Fsp3) is 0.471. The van der Waals surface area contributed by atoms with Crippen LogP contribution in [0.3, 0.4) is 0 Å². The Morgan fingerprint density at radius 2 is 2.05 bits per heavy atom. The minimum atomic E-state index is -0.137. The molecule has 0 aliphatic heterocycles. The van der Waals surface area contributed by atoms with Crippen molar-refractivity contribution in [1.82, 2.24) is 15.1 Å². The Morgan fingerprint density at radius 3 is 2.62 bits per heavy atom. The summed E-state index contributed by atoms with van der Waals surface area (Å²) in [7, 11) is 1.94. The lowest BCUT2D eigenvalue weighted by Crippen LogP contribution is -2.25. The van der Waals surface area contributed by atoms with E-state index in [0.717, 1.165) is 41.9 Å². The van der Waals surface area contributed by atoms with Crippen LogP contribution in [-0.2, 0) is 13.5 Å². The standard InChI is InChI=1S/C17H24FN3/c1-5-8-19-17(11-14-10-13(3)20-21(14)4)15-7-6-12(2)9-16(15)18/h6-7,9-10,17,19H,5,8,11H2,1-4H3. The quantitative estimate of drug-likeness (QED) is 0.882. The third kappa shape index (κ3) is 3.91. The summed E-state index contributed by atoms with van der Waals surface area (Å²) in [5.74, 6) is -0.137. The molecule has 0 saturated heterocycles. The van der Waals surface area contributed by atoms with E-state index in [4.69, 9.17) is 0 Å². The highest BCUT2D eigenvalue weighted by Crippen LogP contribution is 2.22. The SMILES string of the molecule is CCCNC(Cc1cc(C)nn1C)c1ccc(C)cc1F. The first-order chi connectivity index (χ1) is 10.0. The Kier molecular flexibility index (Phi) is 5.12. The zero-order valence-corrected chi connectivity index (χ0v) is 13.3. The molecule has 1 aromatic heterocycles. The van der Waals surface area contributed by atoms with Gasteiger partial charge >= 0.3 is 0 Å². The van der Waals surface area contributed by atoms with Crippen LogP contribution in [0, 0.1) is 19.7 Å². The van der Waals surface area contributed by atoms with Gasteiger partial charge in [-0.2, -0.15) is 5.10 Å². The number of aryl methyl sites for hydroxylation is 3. The maximum atomic E-state index is 14.3. The average Bonchev–Trinajstić information content (AvgIpc) is 2.73. The summed E-state index contributed by atoms with van der Waals surface area (Å²) in [6.07, 6.45) is 1.76. The van der Waals surface area contributed by atoms with Gasteiger partial charge in [0.05, 0.1) is 5.69 Å². The van der Waals surface area contributed by atoms with Gasteiger partial charge in [0.15, 0.2) is 0 Å². The minimum Gasteiger partial charge on any atom is -0.310 e. The lowest BCUT2D eigenvalue weighted by molar-refractivity contribution is 0.485. The molecule has 0 aliphatic rings. The van der Waals surface area contributed by atoms with Crippen LogP contribution in [0.1, 0.15) is 41.9 Å². The lowest BCUT2D eigenvalue weighted by atomic mass is 9.99. The third-order valence-electron chi connectivity index (χ3n) is 3.68. The van der Waals surface area contributed by atoms with Gasteiger partial charge in [0.2, 0.25) is 0 Å². The number of aromatic nitrogens is 2. The van der Waals surface area contributed by atoms with Crippen LogP contribution < -0.4 is 5.32 Å². The molecule has 4 heteroatoms. The number of benzene rings is 1. The second kappa shape index (κ2) is 6.85. The highest BCUT2D eigenvalue weighted by Gasteiger charge is 2.17. The first-order valence-electron chi connectivity index (χ1n) is 7.50. The van der Waals surface area contributed by atoms with Crippen LogP contribution in [-0.4, -0.2) is 16.3 Å². The summed E-state index contributed by atoms with van der Waals surface area (Å²) in [6, 6.07) is 7.49. The van der Waals surface area contributed by atoms with Gasteiger partial charge < -0.3 is 5.32 Å². The van der Waals surface area contributed by atoms with E-state index < -0.39 is 0 Å². The Bertz CT molecular complexity index is 604. The second-order valence-corrected chi connectivity index (χ2v) is 5.64. The van der Waals surface area contributed by atoms with E-state index in [1.165, 1.54) is 0 Å². The van der Waals surface area contributed by atoms with Crippen LogP contribution in [0.2, 0.25) is 0 Å². The van der Waals surface area contributed by atoms with Gasteiger partial charge in [-0.3, -0.25) is 4.68 Å². The van der Waals surface area contributed by atoms with Gasteiger partial charge in [-0.15, -0.1) is 0 Å². The smallest absolute Gasteiger partial charge is 0.128 e. The van der Waals surface area contributed by atoms with Crippen molar-refractivity contribution in [3.8, 4) is 0 Å². The number of halogens is 1. The molecule has 1 unspecified atom stereocenters. The summed E-state index contributed by atoms with van der Waals surface area (Å²) in [5, 5.41) is 7.82. The number of rotatable bonds is 6. The van der Waals surface area contributed by atoms with Crippen molar-refractivity contribution in [2.75, 3.05) is 6.54 Å². The van der Waals surface area contributed by atoms with Crippen LogP contribution in [0.5, 0.6) is 0 Å². The van der Waals surface area contributed by atoms with E-state index in [1.54, 1.807) is 6.07 Å². The van der Waals surface area contributed by atoms with Gasteiger partial charge in [-0.05, 0) is 44.5 Å². The summed E-state index contributed by atoms with van der Waals surface area (Å²) >= 11 is 0. The lowest BCUT2D eigenvalue weighted by Gasteiger charge is -2.20. The molecule has 0 spiro atoms. The molecule has 1 N–H and O–H groups in total. The first kappa shape index (κ1) is 15.7. The fourth-order valence-corrected chi connectivity index (χ4v) is 2.59. The van der Waals surface area contributed by atoms with Gasteiger partial charge in [0, 0.05) is 30.8 Å². The first-order valence-corrected chi connectivity index (χ1v) is 7.50. The number of hydrogen-bond acceptors (Lipinski definition) is 2. The van der Waals surface area contributed by atoms with Crippen molar-refractivity contribution in [1.29, 1.82) is 0 Å². The summed E-state index contributed by atoms with van der Waals surface area (Å²) in [6.45, 7) is 6.87. The zero-order chi connectivity index (χ0) is 15.4. The fourth-order valence-electron chi connectivity index (χ4n) is 2.59. The molecule has 0 aliphatic carbocycles. The largest absolute Gasteiger partial charge is 0.310 e. The van der Waals surface area contributed by atoms with Gasteiger partial charge in [-0.25, -0.2) is 4.39 Å². The van der Waals surface area contributed by atoms with Gasteiger partial charge in [-0.1, -0.05) is 19.1 Å². The number of hydrogen-bond donors (Lipinski definition) is 1. The van der Waals surface area contributed by atoms with Crippen molar-refractivity contribution in [3.05, 3.63) is 52.6 Å². The maximum absolute atomic E-state index is 14.3. The average molecular weight is 289 g/mol. The molecule has 0 saturated carbocycles. The third-order valence-corrected chi connectivity index (χ3v) is 3.68. The second-order valence-electron chi connectivity index (χ2n) is 5.64. The molecule has 114 valence electrons. The molecule has 21 heavy (non-hydrogen) atoms. The molecule has 1 aromatic carbocycles. The zero-order valence-electron chi connectivity index (χ0n) is 13.3. The molecule has 3 nitrogen and oxygen atoms in total. The maximum Gasteiger partial charge on any atom is 0.128 e. The predicted octanol–water partition coefficient (Wildman–Crippen LogP) is 3.46. The number of nitrogens with one attached hydrogen (secondary N) is 1. The molecular formula is C17H24FN3. The normalized spacial score (nSPS) is 12.6. The predicted molar refractivity (Wildman–Crippen MR) is 83.8 cm³/mol. The van der Waals surface area contributed by atoms with Crippen LogP contribution in [0.15, 0.2) is 24.3 Å². The molecule has 1 heterocycles. The summed E-state index contributed by atoms with van der Waals surface area (Å²) < 4.78 is 16.2. The molecule has 0 radical (unpaired) electrons. The van der Waals surface area contributed by atoms with Gasteiger partial charge in [0.1, 0.15) is 5.82 Å². The van der Waals surface area contributed by atoms with Crippen molar-refractivity contribution >= 4 is 0 Å². The minimum absolute atomic E-state index is 0.0275. The van der Waals surface area contributed by atoms with Crippen LogP contribution in [0.25, 0.3) is 0 Å². The Balaban J connectivity index is 2.27. The van der Waals surface area contributed by atoms with E-state index >= 15 is 0 Å². The number of nitrogens with zero attached hydrogens (tertiary/aromatic N) is 2. The van der Waals surface area contributed by atoms with E-state index in [2.05, 4.69) is 23.4 Å². The van der Waals surface area contributed by atoms with Crippen molar-refractivity contribution in [2.24, 2.45) is 7.05 Å². The molecule has 0 fully saturated rings. The Hall–Kier alpha value is -1.68. The summed E-state index contributed by atoms with van der Waals surface area (Å²) in [4.78, 5) is 0. The van der Waals surface area contributed by atoms with E-state index in [0.29, 0.717) is 0 Å². The van der Waals surface area contributed by atoms with E-state index in [9.17, 15) is 4.39 Å². The topological polar surface area (TPSA) is 29.9 Å². The Labute approximate surface area is 126 Å². The highest BCUT2D eigenvalue weighted by atomic mass is 19.1. The van der Waals surface area contributed by atoms with E-state index in [-0.39, 0.29) is 11.9 Å². The van der Waals surface area contributed by atoms with Crippen LogP contribution >= 0.6 is 0 Å². The van der Waals surface area contributed by atoms with Crippen LogP contribution in [0.4, 0.5) is 4.39 Å². The van der Waals surface area contributed by atoms with Crippen molar-refractivity contribution in [2.45, 2.75) is 39.7 Å².